The van der Waals surface area contributed by atoms with Crippen molar-refractivity contribution in [2.24, 2.45) is 11.7 Å². The molecule has 0 unspecified atom stereocenters. The summed E-state index contributed by atoms with van der Waals surface area (Å²) < 4.78 is 36.2. The number of nitrogens with one attached hydrogen (secondary N) is 2. The quantitative estimate of drug-likeness (QED) is 0.434. The summed E-state index contributed by atoms with van der Waals surface area (Å²) in [6.45, 7) is 0.443. The number of nitrogens with zero attached hydrogens (tertiary/aromatic N) is 5. The second-order valence-electron chi connectivity index (χ2n) is 9.30. The van der Waals surface area contributed by atoms with Crippen molar-refractivity contribution < 1.29 is 18.3 Å². The number of ether oxygens (including phenoxy) is 1. The number of aromatic nitrogens is 4. The molecule has 37 heavy (non-hydrogen) atoms. The van der Waals surface area contributed by atoms with Gasteiger partial charge in [0.15, 0.2) is 5.65 Å². The third-order valence-electron chi connectivity index (χ3n) is 6.91. The number of nitriles is 1. The molecule has 1 amide bonds. The molecular formula is C24H25ClF2N8O2. The van der Waals surface area contributed by atoms with Crippen LogP contribution in [0.25, 0.3) is 11.2 Å². The van der Waals surface area contributed by atoms with Gasteiger partial charge in [0, 0.05) is 18.6 Å². The smallest absolute Gasteiger partial charge is 0.225 e. The lowest BCUT2D eigenvalue weighted by atomic mass is 9.85. The number of amides is 1. The van der Waals surface area contributed by atoms with Crippen LogP contribution in [0.4, 0.5) is 26.4 Å². The molecule has 2 aromatic heterocycles. The molecule has 13 heteroatoms. The van der Waals surface area contributed by atoms with Crippen LogP contribution in [0.2, 0.25) is 5.02 Å². The maximum absolute atomic E-state index is 14.8. The molecule has 1 aliphatic heterocycles. The van der Waals surface area contributed by atoms with Crippen LogP contribution >= 0.6 is 11.6 Å². The minimum Gasteiger partial charge on any atom is -0.378 e. The Balaban J connectivity index is 1.53. The maximum atomic E-state index is 14.8. The van der Waals surface area contributed by atoms with Gasteiger partial charge in [-0.15, -0.1) is 0 Å². The lowest BCUT2D eigenvalue weighted by Gasteiger charge is -2.29. The zero-order chi connectivity index (χ0) is 26.1. The van der Waals surface area contributed by atoms with Gasteiger partial charge < -0.3 is 21.1 Å². The van der Waals surface area contributed by atoms with E-state index in [-0.39, 0.29) is 52.6 Å². The van der Waals surface area contributed by atoms with Gasteiger partial charge in [0.1, 0.15) is 17.5 Å². The Hall–Kier alpha value is -3.56. The average molecular weight is 531 g/mol. The highest BCUT2D eigenvalue weighted by Gasteiger charge is 2.30. The number of imidazole rings is 1. The number of primary amides is 1. The van der Waals surface area contributed by atoms with Crippen LogP contribution in [0.3, 0.4) is 0 Å². The molecular weight excluding hydrogens is 506 g/mol. The number of fused-ring (bicyclic) bond motifs is 1. The van der Waals surface area contributed by atoms with E-state index in [0.717, 1.165) is 6.07 Å². The van der Waals surface area contributed by atoms with Crippen molar-refractivity contribution in [3.8, 4) is 6.07 Å². The molecule has 0 radical (unpaired) electrons. The number of rotatable bonds is 6. The van der Waals surface area contributed by atoms with Crippen LogP contribution in [-0.2, 0) is 9.53 Å². The first kappa shape index (κ1) is 25.1. The van der Waals surface area contributed by atoms with Crippen molar-refractivity contribution in [1.82, 2.24) is 19.5 Å². The first-order valence-corrected chi connectivity index (χ1v) is 12.4. The van der Waals surface area contributed by atoms with Gasteiger partial charge in [-0.05, 0) is 44.2 Å². The molecule has 1 aliphatic carbocycles. The predicted molar refractivity (Wildman–Crippen MR) is 133 cm³/mol. The third-order valence-corrected chi connectivity index (χ3v) is 7.20. The molecule has 0 bridgehead atoms. The highest BCUT2D eigenvalue weighted by atomic mass is 35.5. The molecule has 2 fully saturated rings. The van der Waals surface area contributed by atoms with E-state index in [2.05, 4.69) is 25.6 Å². The Morgan fingerprint density at radius 1 is 1.24 bits per heavy atom. The topological polar surface area (TPSA) is 144 Å². The number of hydrogen-bond donors (Lipinski definition) is 3. The second kappa shape index (κ2) is 10.4. The van der Waals surface area contributed by atoms with E-state index < -0.39 is 18.0 Å². The molecule has 1 saturated heterocycles. The second-order valence-corrected chi connectivity index (χ2v) is 9.70. The SMILES string of the molecule is N#Cc1cc(F)c(Nc2nc3cnc(N[C@@H]4CCOC[C@H]4F)nc3n2C2CCC(C(N)=O)CC2)c(Cl)c1. The number of halogens is 3. The fraction of sp³-hybridized carbons (Fsp3) is 0.458. The number of benzene rings is 1. The van der Waals surface area contributed by atoms with Gasteiger partial charge in [-0.1, -0.05) is 11.6 Å². The molecule has 2 aliphatic rings. The predicted octanol–water partition coefficient (Wildman–Crippen LogP) is 3.99. The van der Waals surface area contributed by atoms with Crippen molar-refractivity contribution in [3.05, 3.63) is 34.7 Å². The fourth-order valence-electron chi connectivity index (χ4n) is 4.91. The monoisotopic (exact) mass is 530 g/mol. The van der Waals surface area contributed by atoms with Gasteiger partial charge >= 0.3 is 0 Å². The summed E-state index contributed by atoms with van der Waals surface area (Å²) in [5.41, 5.74) is 6.48. The first-order valence-electron chi connectivity index (χ1n) is 12.0. The molecule has 0 spiro atoms. The summed E-state index contributed by atoms with van der Waals surface area (Å²) in [6, 6.07) is 3.71. The van der Waals surface area contributed by atoms with E-state index in [0.29, 0.717) is 49.9 Å². The molecule has 4 N–H and O–H groups in total. The molecule has 2 atom stereocenters. The van der Waals surface area contributed by atoms with Crippen LogP contribution in [0.15, 0.2) is 18.3 Å². The molecule has 1 aromatic carbocycles. The van der Waals surface area contributed by atoms with Crippen molar-refractivity contribution >= 4 is 46.3 Å². The van der Waals surface area contributed by atoms with Crippen LogP contribution in [0.5, 0.6) is 0 Å². The molecule has 10 nitrogen and oxygen atoms in total. The van der Waals surface area contributed by atoms with Gasteiger partial charge in [-0.25, -0.2) is 18.7 Å². The van der Waals surface area contributed by atoms with Crippen molar-refractivity contribution in [2.45, 2.75) is 50.4 Å². The summed E-state index contributed by atoms with van der Waals surface area (Å²) in [4.78, 5) is 25.2. The molecule has 5 rings (SSSR count). The lowest BCUT2D eigenvalue weighted by Crippen LogP contribution is -2.39. The Bertz CT molecular complexity index is 1350. The van der Waals surface area contributed by atoms with Crippen LogP contribution in [0.1, 0.15) is 43.7 Å². The van der Waals surface area contributed by atoms with E-state index in [4.69, 9.17) is 27.3 Å². The molecule has 194 valence electrons. The van der Waals surface area contributed by atoms with E-state index in [1.54, 1.807) is 0 Å². The molecule has 3 aromatic rings. The van der Waals surface area contributed by atoms with Crippen molar-refractivity contribution in [1.29, 1.82) is 5.26 Å². The summed E-state index contributed by atoms with van der Waals surface area (Å²) in [5, 5.41) is 15.1. The van der Waals surface area contributed by atoms with Crippen molar-refractivity contribution in [3.63, 3.8) is 0 Å². The number of nitrogens with two attached hydrogens (primary N) is 1. The van der Waals surface area contributed by atoms with E-state index in [1.807, 2.05) is 10.6 Å². The highest BCUT2D eigenvalue weighted by Crippen LogP contribution is 2.38. The molecule has 3 heterocycles. The normalized spacial score (nSPS) is 23.9. The summed E-state index contributed by atoms with van der Waals surface area (Å²) >= 11 is 6.28. The Labute approximate surface area is 216 Å². The van der Waals surface area contributed by atoms with E-state index in [9.17, 15) is 13.6 Å². The van der Waals surface area contributed by atoms with Gasteiger partial charge in [0.2, 0.25) is 17.8 Å². The maximum Gasteiger partial charge on any atom is 0.225 e. The van der Waals surface area contributed by atoms with Gasteiger partial charge in [0.05, 0.1) is 41.2 Å². The summed E-state index contributed by atoms with van der Waals surface area (Å²) in [7, 11) is 0. The Morgan fingerprint density at radius 3 is 2.70 bits per heavy atom. The zero-order valence-electron chi connectivity index (χ0n) is 19.8. The largest absolute Gasteiger partial charge is 0.378 e. The standard InChI is InChI=1S/C24H25ClF2N8O2/c25-15-7-12(9-28)8-16(26)20(15)33-24-32-19-10-30-23(31-18-5-6-37-11-17(18)27)34-22(19)35(24)14-3-1-13(2-4-14)21(29)36/h7-8,10,13-14,17-18H,1-6,11H2,(H2,29,36)(H,32,33)(H,30,31,34)/t13?,14?,17-,18-/m1/s1. The number of carbonyl (C=O) groups excluding carboxylic acids is 1. The number of anilines is 3. The van der Waals surface area contributed by atoms with E-state index in [1.165, 1.54) is 12.3 Å². The zero-order valence-corrected chi connectivity index (χ0v) is 20.5. The Morgan fingerprint density at radius 2 is 2.03 bits per heavy atom. The average Bonchev–Trinajstić information content (AvgIpc) is 3.24. The minimum absolute atomic E-state index is 0.00588. The highest BCUT2D eigenvalue weighted by molar-refractivity contribution is 6.33. The van der Waals surface area contributed by atoms with Crippen LogP contribution < -0.4 is 16.4 Å². The minimum atomic E-state index is -1.19. The number of hydrogen-bond acceptors (Lipinski definition) is 8. The van der Waals surface area contributed by atoms with Crippen LogP contribution in [0, 0.1) is 23.1 Å². The van der Waals surface area contributed by atoms with E-state index >= 15 is 0 Å². The molecule has 1 saturated carbocycles. The fourth-order valence-corrected chi connectivity index (χ4v) is 5.17. The lowest BCUT2D eigenvalue weighted by molar-refractivity contribution is -0.122. The summed E-state index contributed by atoms with van der Waals surface area (Å²) in [6.07, 6.45) is 3.22. The Kier molecular flexibility index (Phi) is 7.08. The third kappa shape index (κ3) is 5.14. The van der Waals surface area contributed by atoms with Gasteiger partial charge in [0.25, 0.3) is 0 Å². The van der Waals surface area contributed by atoms with Gasteiger partial charge in [-0.2, -0.15) is 10.2 Å². The van der Waals surface area contributed by atoms with Gasteiger partial charge in [-0.3, -0.25) is 9.36 Å². The summed E-state index contributed by atoms with van der Waals surface area (Å²) in [5.74, 6) is -0.728. The van der Waals surface area contributed by atoms with Crippen molar-refractivity contribution in [2.75, 3.05) is 23.8 Å². The number of alkyl halides is 1. The number of carbonyl (C=O) groups is 1. The first-order chi connectivity index (χ1) is 17.8. The van der Waals surface area contributed by atoms with Crippen LogP contribution in [-0.4, -0.2) is 50.9 Å².